The molecule has 0 bridgehead atoms. The Morgan fingerprint density at radius 1 is 1.20 bits per heavy atom. The second-order valence-electron chi connectivity index (χ2n) is 7.14. The predicted molar refractivity (Wildman–Crippen MR) is 136 cm³/mol. The van der Waals surface area contributed by atoms with Crippen molar-refractivity contribution in [3.05, 3.63) is 76.6 Å². The summed E-state index contributed by atoms with van der Waals surface area (Å²) in [5.41, 5.74) is 0.910. The normalized spacial score (nSPS) is 11.5. The number of thioether (sulfide) groups is 1. The summed E-state index contributed by atoms with van der Waals surface area (Å²) in [5.74, 6) is 0.319. The number of carbonyl (C=O) groups is 2. The van der Waals surface area contributed by atoms with Gasteiger partial charge in [-0.05, 0) is 42.5 Å². The summed E-state index contributed by atoms with van der Waals surface area (Å²) in [6, 6.07) is 10.5. The lowest BCUT2D eigenvalue weighted by molar-refractivity contribution is -0.113. The van der Waals surface area contributed by atoms with Crippen LogP contribution >= 0.6 is 35.0 Å². The molecule has 1 aromatic heterocycles. The lowest BCUT2D eigenvalue weighted by Gasteiger charge is -2.17. The largest absolute Gasteiger partial charge is 0.497 e. The first kappa shape index (κ1) is 26.6. The number of nitrogens with one attached hydrogen (secondary N) is 2. The fourth-order valence-corrected chi connectivity index (χ4v) is 4.10. The molecular weight excluding hydrogens is 513 g/mol. The van der Waals surface area contributed by atoms with Crippen molar-refractivity contribution in [2.24, 2.45) is 0 Å². The van der Waals surface area contributed by atoms with E-state index in [-0.39, 0.29) is 11.7 Å². The van der Waals surface area contributed by atoms with E-state index in [1.165, 1.54) is 7.11 Å². The Morgan fingerprint density at radius 3 is 2.57 bits per heavy atom. The number of halogens is 2. The van der Waals surface area contributed by atoms with Crippen LogP contribution in [0.1, 0.15) is 22.2 Å². The molecule has 2 aromatic carbocycles. The number of aliphatic hydroxyl groups is 1. The molecule has 0 aliphatic carbocycles. The summed E-state index contributed by atoms with van der Waals surface area (Å²) in [4.78, 5) is 25.1. The van der Waals surface area contributed by atoms with Crippen LogP contribution in [-0.2, 0) is 11.3 Å². The van der Waals surface area contributed by atoms with Crippen molar-refractivity contribution in [2.45, 2.75) is 17.7 Å². The van der Waals surface area contributed by atoms with Gasteiger partial charge in [0.1, 0.15) is 11.8 Å². The zero-order chi connectivity index (χ0) is 25.4. The predicted octanol–water partition coefficient (Wildman–Crippen LogP) is 3.97. The maximum Gasteiger partial charge on any atom is 0.251 e. The summed E-state index contributed by atoms with van der Waals surface area (Å²) >= 11 is 13.0. The number of hydrogen-bond donors (Lipinski definition) is 3. The van der Waals surface area contributed by atoms with Crippen molar-refractivity contribution in [3.8, 4) is 5.75 Å². The zero-order valence-corrected chi connectivity index (χ0v) is 21.0. The highest BCUT2D eigenvalue weighted by atomic mass is 35.5. The van der Waals surface area contributed by atoms with Crippen molar-refractivity contribution < 1.29 is 19.4 Å². The maximum absolute atomic E-state index is 12.7. The molecule has 0 fully saturated rings. The van der Waals surface area contributed by atoms with Gasteiger partial charge in [-0.15, -0.1) is 16.8 Å². The molecule has 0 unspecified atom stereocenters. The van der Waals surface area contributed by atoms with E-state index in [2.05, 4.69) is 27.4 Å². The van der Waals surface area contributed by atoms with Gasteiger partial charge in [-0.1, -0.05) is 41.0 Å². The van der Waals surface area contributed by atoms with Gasteiger partial charge in [-0.3, -0.25) is 9.59 Å². The Labute approximate surface area is 216 Å². The van der Waals surface area contributed by atoms with Crippen LogP contribution in [-0.4, -0.2) is 51.2 Å². The van der Waals surface area contributed by atoms with Crippen molar-refractivity contribution in [2.75, 3.05) is 24.8 Å². The fraction of sp³-hybridized carbons (Fsp3) is 0.217. The molecule has 1 atom stereocenters. The molecule has 0 saturated heterocycles. The summed E-state index contributed by atoms with van der Waals surface area (Å²) in [6.07, 6.45) is 1.63. The first-order valence-corrected chi connectivity index (χ1v) is 12.1. The van der Waals surface area contributed by atoms with Crippen molar-refractivity contribution >= 4 is 52.5 Å². The highest BCUT2D eigenvalue weighted by Gasteiger charge is 2.23. The van der Waals surface area contributed by atoms with Gasteiger partial charge in [0, 0.05) is 17.8 Å². The number of methoxy groups -OCH3 is 1. The van der Waals surface area contributed by atoms with Crippen LogP contribution in [0.2, 0.25) is 10.0 Å². The number of ether oxygens (including phenoxy) is 1. The topological polar surface area (TPSA) is 118 Å². The minimum absolute atomic E-state index is 0.0392. The first-order valence-electron chi connectivity index (χ1n) is 10.3. The van der Waals surface area contributed by atoms with Gasteiger partial charge in [-0.25, -0.2) is 0 Å². The number of aromatic nitrogens is 3. The highest BCUT2D eigenvalue weighted by Crippen LogP contribution is 2.26. The van der Waals surface area contributed by atoms with Gasteiger partial charge < -0.3 is 25.0 Å². The first-order chi connectivity index (χ1) is 16.9. The van der Waals surface area contributed by atoms with Crippen LogP contribution in [0.25, 0.3) is 0 Å². The number of rotatable bonds is 11. The van der Waals surface area contributed by atoms with Crippen molar-refractivity contribution in [1.82, 2.24) is 20.1 Å². The number of allylic oxidation sites excluding steroid dienone is 1. The number of carbonyl (C=O) groups excluding carboxylic acids is 2. The molecule has 35 heavy (non-hydrogen) atoms. The molecule has 1 heterocycles. The maximum atomic E-state index is 12.7. The number of anilines is 1. The monoisotopic (exact) mass is 535 g/mol. The Kier molecular flexibility index (Phi) is 9.55. The van der Waals surface area contributed by atoms with Crippen LogP contribution in [0.3, 0.4) is 0 Å². The van der Waals surface area contributed by atoms with Crippen LogP contribution in [0.15, 0.2) is 60.3 Å². The van der Waals surface area contributed by atoms with E-state index in [4.69, 9.17) is 27.9 Å². The number of aliphatic hydroxyl groups excluding tert-OH is 1. The number of nitrogens with zero attached hydrogens (tertiary/aromatic N) is 3. The van der Waals surface area contributed by atoms with E-state index in [9.17, 15) is 14.7 Å². The van der Waals surface area contributed by atoms with Gasteiger partial charge in [0.15, 0.2) is 11.0 Å². The van der Waals surface area contributed by atoms with Gasteiger partial charge in [-0.2, -0.15) is 0 Å². The van der Waals surface area contributed by atoms with Crippen molar-refractivity contribution in [1.29, 1.82) is 0 Å². The average Bonchev–Trinajstić information content (AvgIpc) is 3.26. The molecular formula is C23H23Cl2N5O4S. The molecule has 0 spiro atoms. The van der Waals surface area contributed by atoms with Crippen LogP contribution < -0.4 is 15.4 Å². The summed E-state index contributed by atoms with van der Waals surface area (Å²) < 4.78 is 6.78. The molecule has 0 aliphatic heterocycles. The fourth-order valence-electron chi connectivity index (χ4n) is 3.04. The van der Waals surface area contributed by atoms with E-state index >= 15 is 0 Å². The van der Waals surface area contributed by atoms with Gasteiger partial charge in [0.2, 0.25) is 5.91 Å². The van der Waals surface area contributed by atoms with E-state index in [1.54, 1.807) is 53.1 Å². The third-order valence-electron chi connectivity index (χ3n) is 4.74. The minimum Gasteiger partial charge on any atom is -0.497 e. The molecule has 12 heteroatoms. The van der Waals surface area contributed by atoms with E-state index < -0.39 is 18.6 Å². The molecule has 0 aliphatic rings. The van der Waals surface area contributed by atoms with Crippen molar-refractivity contribution in [3.63, 3.8) is 0 Å². The molecule has 0 radical (unpaired) electrons. The average molecular weight is 536 g/mol. The lowest BCUT2D eigenvalue weighted by Crippen LogP contribution is -2.33. The van der Waals surface area contributed by atoms with E-state index in [0.29, 0.717) is 44.6 Å². The Morgan fingerprint density at radius 2 is 1.94 bits per heavy atom. The third-order valence-corrected chi connectivity index (χ3v) is 6.45. The molecule has 2 amide bonds. The minimum atomic E-state index is -0.823. The lowest BCUT2D eigenvalue weighted by atomic mass is 10.2. The zero-order valence-electron chi connectivity index (χ0n) is 18.7. The van der Waals surface area contributed by atoms with Crippen LogP contribution in [0.4, 0.5) is 5.69 Å². The smallest absolute Gasteiger partial charge is 0.251 e. The van der Waals surface area contributed by atoms with Crippen LogP contribution in [0.5, 0.6) is 5.75 Å². The number of benzene rings is 2. The Hall–Kier alpha value is -3.05. The number of amides is 2. The quantitative estimate of drug-likeness (QED) is 0.251. The van der Waals surface area contributed by atoms with Gasteiger partial charge >= 0.3 is 0 Å². The standard InChI is InChI=1S/C23H23Cl2N5O4S/c1-3-10-30-21(19(12-31)27-22(33)14-4-7-16(34-2)8-5-14)28-29-23(30)35-13-20(32)26-15-6-9-17(24)18(25)11-15/h3-9,11,19,31H,1,10,12-13H2,2H3,(H,26,32)(H,27,33)/t19-/m0/s1. The molecule has 9 nitrogen and oxygen atoms in total. The summed E-state index contributed by atoms with van der Waals surface area (Å²) in [6.45, 7) is 3.65. The van der Waals surface area contributed by atoms with Gasteiger partial charge in [0.05, 0.1) is 29.5 Å². The second-order valence-corrected chi connectivity index (χ2v) is 8.90. The number of hydrogen-bond acceptors (Lipinski definition) is 7. The second kappa shape index (κ2) is 12.6. The molecule has 184 valence electrons. The van der Waals surface area contributed by atoms with E-state index in [0.717, 1.165) is 11.8 Å². The Bertz CT molecular complexity index is 1200. The van der Waals surface area contributed by atoms with Gasteiger partial charge in [0.25, 0.3) is 5.91 Å². The Balaban J connectivity index is 1.69. The van der Waals surface area contributed by atoms with Crippen LogP contribution in [0, 0.1) is 0 Å². The highest BCUT2D eigenvalue weighted by molar-refractivity contribution is 7.99. The molecule has 3 aromatic rings. The molecule has 3 rings (SSSR count). The van der Waals surface area contributed by atoms with E-state index in [1.807, 2.05) is 0 Å². The summed E-state index contributed by atoms with van der Waals surface area (Å²) in [5, 5.41) is 24.9. The summed E-state index contributed by atoms with van der Waals surface area (Å²) in [7, 11) is 1.54. The SMILES string of the molecule is C=CCn1c(SCC(=O)Nc2ccc(Cl)c(Cl)c2)nnc1[C@H](CO)NC(=O)c1ccc(OC)cc1. The molecule has 0 saturated carbocycles. The molecule has 3 N–H and O–H groups in total. The third kappa shape index (κ3) is 6.98.